The van der Waals surface area contributed by atoms with Crippen LogP contribution in [0.15, 0.2) is 65.9 Å². The lowest BCUT2D eigenvalue weighted by Crippen LogP contribution is -2.34. The standard InChI is InChI=1S/C22H22N2O5/c1-15-21(22(26)29-12-6-9-16-7-3-2-4-8-16)19(14-20(25)23-15)17-10-5-11-18(13-17)24(27)28/h2-5,7-8,10-11,13,19H,6,9,12,14H2,1H3,(H,23,25). The Labute approximate surface area is 168 Å². The lowest BCUT2D eigenvalue weighted by Gasteiger charge is -2.26. The largest absolute Gasteiger partial charge is 0.462 e. The second-order valence-electron chi connectivity index (χ2n) is 6.92. The number of nitro benzene ring substituents is 1. The molecule has 7 heteroatoms. The number of nitro groups is 1. The predicted octanol–water partition coefficient (Wildman–Crippen LogP) is 3.65. The number of esters is 1. The summed E-state index contributed by atoms with van der Waals surface area (Å²) >= 11 is 0. The van der Waals surface area contributed by atoms with Gasteiger partial charge in [0.05, 0.1) is 17.1 Å². The van der Waals surface area contributed by atoms with E-state index in [4.69, 9.17) is 4.74 Å². The zero-order valence-corrected chi connectivity index (χ0v) is 16.1. The van der Waals surface area contributed by atoms with Crippen LogP contribution in [-0.2, 0) is 20.7 Å². The number of allylic oxidation sites excluding steroid dienone is 1. The van der Waals surface area contributed by atoms with E-state index >= 15 is 0 Å². The normalized spacial score (nSPS) is 16.3. The predicted molar refractivity (Wildman–Crippen MR) is 107 cm³/mol. The van der Waals surface area contributed by atoms with Crippen LogP contribution in [-0.4, -0.2) is 23.4 Å². The van der Waals surface area contributed by atoms with Crippen LogP contribution in [0.5, 0.6) is 0 Å². The van der Waals surface area contributed by atoms with Crippen molar-refractivity contribution in [2.24, 2.45) is 0 Å². The van der Waals surface area contributed by atoms with Crippen molar-refractivity contribution in [1.82, 2.24) is 5.32 Å². The van der Waals surface area contributed by atoms with Crippen LogP contribution in [0.4, 0.5) is 5.69 Å². The SMILES string of the molecule is CC1=C(C(=O)OCCCc2ccccc2)C(c2cccc([N+](=O)[O-])c2)CC(=O)N1. The summed E-state index contributed by atoms with van der Waals surface area (Å²) in [4.78, 5) is 35.4. The zero-order chi connectivity index (χ0) is 20.8. The van der Waals surface area contributed by atoms with Gasteiger partial charge >= 0.3 is 5.97 Å². The van der Waals surface area contributed by atoms with Crippen LogP contribution < -0.4 is 5.32 Å². The first kappa shape index (κ1) is 20.3. The van der Waals surface area contributed by atoms with Gasteiger partial charge in [0.2, 0.25) is 5.91 Å². The quantitative estimate of drug-likeness (QED) is 0.334. The zero-order valence-electron chi connectivity index (χ0n) is 16.1. The van der Waals surface area contributed by atoms with Gasteiger partial charge in [-0.1, -0.05) is 42.5 Å². The van der Waals surface area contributed by atoms with Crippen LogP contribution in [0.25, 0.3) is 0 Å². The van der Waals surface area contributed by atoms with Crippen molar-refractivity contribution in [3.8, 4) is 0 Å². The summed E-state index contributed by atoms with van der Waals surface area (Å²) in [5.74, 6) is -1.32. The fraction of sp³-hybridized carbons (Fsp3) is 0.273. The first-order valence-electron chi connectivity index (χ1n) is 9.41. The van der Waals surface area contributed by atoms with Gasteiger partial charge in [0.25, 0.3) is 5.69 Å². The number of carbonyl (C=O) groups excluding carboxylic acids is 2. The summed E-state index contributed by atoms with van der Waals surface area (Å²) in [6.07, 6.45) is 1.50. The number of rotatable bonds is 7. The smallest absolute Gasteiger partial charge is 0.336 e. The third-order valence-electron chi connectivity index (χ3n) is 4.86. The van der Waals surface area contributed by atoms with Gasteiger partial charge in [-0.15, -0.1) is 0 Å². The molecule has 1 amide bonds. The average molecular weight is 394 g/mol. The molecule has 150 valence electrons. The number of non-ortho nitro benzene ring substituents is 1. The number of ether oxygens (including phenoxy) is 1. The first-order valence-corrected chi connectivity index (χ1v) is 9.41. The highest BCUT2D eigenvalue weighted by Crippen LogP contribution is 2.34. The molecular formula is C22H22N2O5. The lowest BCUT2D eigenvalue weighted by atomic mass is 9.84. The van der Waals surface area contributed by atoms with Crippen molar-refractivity contribution in [3.63, 3.8) is 0 Å². The Kier molecular flexibility index (Phi) is 6.39. The third kappa shape index (κ3) is 5.07. The summed E-state index contributed by atoms with van der Waals surface area (Å²) < 4.78 is 5.46. The van der Waals surface area contributed by atoms with Crippen molar-refractivity contribution in [2.75, 3.05) is 6.61 Å². The summed E-state index contributed by atoms with van der Waals surface area (Å²) in [5.41, 5.74) is 2.39. The molecule has 1 heterocycles. The molecule has 1 aliphatic rings. The van der Waals surface area contributed by atoms with Gasteiger partial charge in [-0.2, -0.15) is 0 Å². The van der Waals surface area contributed by atoms with E-state index in [0.717, 1.165) is 6.42 Å². The van der Waals surface area contributed by atoms with Gasteiger partial charge in [-0.3, -0.25) is 14.9 Å². The van der Waals surface area contributed by atoms with Crippen LogP contribution in [0, 0.1) is 10.1 Å². The maximum absolute atomic E-state index is 12.8. The molecule has 0 saturated carbocycles. The Hall–Kier alpha value is -3.48. The van der Waals surface area contributed by atoms with Gasteiger partial charge in [-0.05, 0) is 30.9 Å². The van der Waals surface area contributed by atoms with Crippen molar-refractivity contribution >= 4 is 17.6 Å². The highest BCUT2D eigenvalue weighted by Gasteiger charge is 2.33. The van der Waals surface area contributed by atoms with Gasteiger partial charge in [-0.25, -0.2) is 4.79 Å². The van der Waals surface area contributed by atoms with Crippen molar-refractivity contribution in [1.29, 1.82) is 0 Å². The van der Waals surface area contributed by atoms with Crippen LogP contribution in [0.2, 0.25) is 0 Å². The number of hydrogen-bond acceptors (Lipinski definition) is 5. The maximum atomic E-state index is 12.8. The fourth-order valence-corrected chi connectivity index (χ4v) is 3.47. The van der Waals surface area contributed by atoms with E-state index < -0.39 is 16.8 Å². The minimum atomic E-state index is -0.578. The summed E-state index contributed by atoms with van der Waals surface area (Å²) in [6, 6.07) is 15.9. The van der Waals surface area contributed by atoms with Crippen LogP contribution in [0.1, 0.15) is 36.8 Å². The molecule has 0 spiro atoms. The van der Waals surface area contributed by atoms with Crippen LogP contribution >= 0.6 is 0 Å². The Morgan fingerprint density at radius 3 is 2.69 bits per heavy atom. The maximum Gasteiger partial charge on any atom is 0.336 e. The molecule has 1 N–H and O–H groups in total. The number of aryl methyl sites for hydroxylation is 1. The Bertz CT molecular complexity index is 953. The number of nitrogens with one attached hydrogen (secondary N) is 1. The third-order valence-corrected chi connectivity index (χ3v) is 4.86. The highest BCUT2D eigenvalue weighted by molar-refractivity contribution is 5.95. The van der Waals surface area contributed by atoms with E-state index in [1.807, 2.05) is 30.3 Å². The topological polar surface area (TPSA) is 98.5 Å². The molecule has 1 unspecified atom stereocenters. The number of hydrogen-bond donors (Lipinski definition) is 1. The molecule has 0 bridgehead atoms. The van der Waals surface area contributed by atoms with Crippen molar-refractivity contribution in [2.45, 2.75) is 32.1 Å². The fourth-order valence-electron chi connectivity index (χ4n) is 3.47. The number of benzene rings is 2. The van der Waals surface area contributed by atoms with Crippen molar-refractivity contribution < 1.29 is 19.2 Å². The van der Waals surface area contributed by atoms with E-state index in [9.17, 15) is 19.7 Å². The summed E-state index contributed by atoms with van der Waals surface area (Å²) in [7, 11) is 0. The molecule has 0 saturated heterocycles. The van der Waals surface area contributed by atoms with Gasteiger partial charge in [0.15, 0.2) is 0 Å². The average Bonchev–Trinajstić information content (AvgIpc) is 2.71. The van der Waals surface area contributed by atoms with Crippen molar-refractivity contribution in [3.05, 3.63) is 87.1 Å². The summed E-state index contributed by atoms with van der Waals surface area (Å²) in [6.45, 7) is 1.89. The molecule has 2 aromatic rings. The highest BCUT2D eigenvalue weighted by atomic mass is 16.6. The van der Waals surface area contributed by atoms with Crippen LogP contribution in [0.3, 0.4) is 0 Å². The number of carbonyl (C=O) groups is 2. The molecule has 7 nitrogen and oxygen atoms in total. The molecule has 1 atom stereocenters. The molecule has 0 aliphatic carbocycles. The van der Waals surface area contributed by atoms with Gasteiger partial charge < -0.3 is 10.1 Å². The molecule has 0 aromatic heterocycles. The number of nitrogens with zero attached hydrogens (tertiary/aromatic N) is 1. The Balaban J connectivity index is 1.72. The van der Waals surface area contributed by atoms with E-state index in [2.05, 4.69) is 5.32 Å². The minimum absolute atomic E-state index is 0.0347. The number of amides is 1. The molecule has 0 radical (unpaired) electrons. The second kappa shape index (κ2) is 9.14. The second-order valence-corrected chi connectivity index (χ2v) is 6.92. The van der Waals surface area contributed by atoms with E-state index in [0.29, 0.717) is 23.3 Å². The van der Waals surface area contributed by atoms with Gasteiger partial charge in [0, 0.05) is 30.2 Å². The molecule has 1 aliphatic heterocycles. The first-order chi connectivity index (χ1) is 14.0. The van der Waals surface area contributed by atoms with E-state index in [1.165, 1.54) is 17.7 Å². The molecule has 0 fully saturated rings. The minimum Gasteiger partial charge on any atom is -0.462 e. The van der Waals surface area contributed by atoms with E-state index in [-0.39, 0.29) is 24.6 Å². The molecule has 29 heavy (non-hydrogen) atoms. The van der Waals surface area contributed by atoms with Gasteiger partial charge in [0.1, 0.15) is 0 Å². The summed E-state index contributed by atoms with van der Waals surface area (Å²) in [5, 5.41) is 13.8. The molecule has 2 aromatic carbocycles. The Morgan fingerprint density at radius 2 is 1.97 bits per heavy atom. The molecule has 3 rings (SSSR count). The lowest BCUT2D eigenvalue weighted by molar-refractivity contribution is -0.384. The molecular weight excluding hydrogens is 372 g/mol. The Morgan fingerprint density at radius 1 is 1.21 bits per heavy atom. The monoisotopic (exact) mass is 394 g/mol. The van der Waals surface area contributed by atoms with E-state index in [1.54, 1.807) is 19.1 Å².